The molecule has 0 N–H and O–H groups in total. The summed E-state index contributed by atoms with van der Waals surface area (Å²) in [5.74, 6) is 0. The minimum atomic E-state index is 0.280. The minimum absolute atomic E-state index is 0.280. The molecule has 1 rings (SSSR count). The van der Waals surface area contributed by atoms with Crippen LogP contribution < -0.4 is 0 Å². The van der Waals surface area contributed by atoms with Gasteiger partial charge < -0.3 is 4.74 Å². The van der Waals surface area contributed by atoms with Gasteiger partial charge in [0.2, 0.25) is 0 Å². The van der Waals surface area contributed by atoms with E-state index in [1.54, 1.807) is 0 Å². The molecule has 0 radical (unpaired) electrons. The number of hydrogen-bond donors (Lipinski definition) is 0. The molecule has 1 heteroatoms. The summed E-state index contributed by atoms with van der Waals surface area (Å²) in [5, 5.41) is 0. The Hall–Kier alpha value is -0.0400. The van der Waals surface area contributed by atoms with Gasteiger partial charge in [-0.15, -0.1) is 0 Å². The van der Waals surface area contributed by atoms with Gasteiger partial charge in [0.25, 0.3) is 0 Å². The van der Waals surface area contributed by atoms with E-state index in [1.165, 1.54) is 19.3 Å². The molecule has 0 amide bonds. The second-order valence-corrected chi connectivity index (χ2v) is 6.00. The van der Waals surface area contributed by atoms with Gasteiger partial charge in [0.05, 0.1) is 12.7 Å². The number of hydrogen-bond acceptors (Lipinski definition) is 1. The zero-order valence-corrected chi connectivity index (χ0v) is 9.81. The molecule has 0 aromatic carbocycles. The summed E-state index contributed by atoms with van der Waals surface area (Å²) in [6.45, 7) is 12.4. The molecule has 78 valence electrons. The molecule has 1 nitrogen and oxygen atoms in total. The lowest BCUT2D eigenvalue weighted by atomic mass is 9.70. The summed E-state index contributed by atoms with van der Waals surface area (Å²) in [4.78, 5) is 0. The first-order valence-corrected chi connectivity index (χ1v) is 5.44. The van der Waals surface area contributed by atoms with Crippen molar-refractivity contribution in [1.29, 1.82) is 0 Å². The largest absolute Gasteiger partial charge is 0.378 e. The molecule has 0 unspecified atom stereocenters. The highest BCUT2D eigenvalue weighted by Crippen LogP contribution is 2.39. The summed E-state index contributed by atoms with van der Waals surface area (Å²) in [6.07, 6.45) is 4.49. The Morgan fingerprint density at radius 2 is 1.62 bits per heavy atom. The van der Waals surface area contributed by atoms with Crippen molar-refractivity contribution >= 4 is 0 Å². The SMILES string of the molecule is CC(C)(C)C(C)(C)COC1CCC1. The molecule has 1 aliphatic rings. The lowest BCUT2D eigenvalue weighted by Gasteiger charge is -2.40. The standard InChI is InChI=1S/C12H24O/c1-11(2,3)12(4,5)9-13-10-7-6-8-10/h10H,6-9H2,1-5H3. The van der Waals surface area contributed by atoms with Crippen molar-refractivity contribution in [2.45, 2.75) is 60.0 Å². The molecule has 1 fully saturated rings. The Morgan fingerprint density at radius 1 is 1.08 bits per heavy atom. The van der Waals surface area contributed by atoms with E-state index in [2.05, 4.69) is 34.6 Å². The van der Waals surface area contributed by atoms with Crippen LogP contribution in [0.15, 0.2) is 0 Å². The number of rotatable bonds is 3. The molecule has 0 aromatic rings. The summed E-state index contributed by atoms with van der Waals surface area (Å²) in [7, 11) is 0. The monoisotopic (exact) mass is 184 g/mol. The molecule has 0 aromatic heterocycles. The van der Waals surface area contributed by atoms with Crippen molar-refractivity contribution in [3.8, 4) is 0 Å². The Bertz CT molecular complexity index is 160. The van der Waals surface area contributed by atoms with E-state index >= 15 is 0 Å². The highest BCUT2D eigenvalue weighted by molar-refractivity contribution is 4.83. The molecule has 0 heterocycles. The first-order chi connectivity index (χ1) is 5.83. The maximum atomic E-state index is 5.87. The second-order valence-electron chi connectivity index (χ2n) is 6.00. The Kier molecular flexibility index (Phi) is 3.06. The molecule has 0 aliphatic heterocycles. The molecule has 0 spiro atoms. The molecule has 0 saturated heterocycles. The van der Waals surface area contributed by atoms with Crippen molar-refractivity contribution in [1.82, 2.24) is 0 Å². The molecular weight excluding hydrogens is 160 g/mol. The van der Waals surface area contributed by atoms with Gasteiger partial charge in [-0.2, -0.15) is 0 Å². The van der Waals surface area contributed by atoms with Gasteiger partial charge in [-0.25, -0.2) is 0 Å². The maximum Gasteiger partial charge on any atom is 0.0575 e. The van der Waals surface area contributed by atoms with Gasteiger partial charge >= 0.3 is 0 Å². The van der Waals surface area contributed by atoms with Gasteiger partial charge in [-0.05, 0) is 30.1 Å². The predicted octanol–water partition coefficient (Wildman–Crippen LogP) is 3.63. The first kappa shape index (κ1) is 11.0. The predicted molar refractivity (Wildman–Crippen MR) is 56.8 cm³/mol. The quantitative estimate of drug-likeness (QED) is 0.651. The zero-order chi connectivity index (χ0) is 10.1. The van der Waals surface area contributed by atoms with Crippen LogP contribution in [0.5, 0.6) is 0 Å². The van der Waals surface area contributed by atoms with Crippen molar-refractivity contribution in [3.63, 3.8) is 0 Å². The van der Waals surface area contributed by atoms with Crippen LogP contribution >= 0.6 is 0 Å². The van der Waals surface area contributed by atoms with Gasteiger partial charge in [-0.1, -0.05) is 34.6 Å². The highest BCUT2D eigenvalue weighted by Gasteiger charge is 2.34. The van der Waals surface area contributed by atoms with E-state index < -0.39 is 0 Å². The normalized spacial score (nSPS) is 20.1. The molecule has 0 atom stereocenters. The van der Waals surface area contributed by atoms with Crippen LogP contribution in [0.25, 0.3) is 0 Å². The fourth-order valence-corrected chi connectivity index (χ4v) is 1.08. The summed E-state index contributed by atoms with van der Waals surface area (Å²) in [5.41, 5.74) is 0.610. The third-order valence-corrected chi connectivity index (χ3v) is 3.76. The fourth-order valence-electron chi connectivity index (χ4n) is 1.08. The van der Waals surface area contributed by atoms with Crippen molar-refractivity contribution in [3.05, 3.63) is 0 Å². The molecular formula is C12H24O. The van der Waals surface area contributed by atoms with Crippen LogP contribution in [0.3, 0.4) is 0 Å². The molecule has 1 saturated carbocycles. The van der Waals surface area contributed by atoms with Crippen LogP contribution in [0, 0.1) is 10.8 Å². The van der Waals surface area contributed by atoms with E-state index in [0.29, 0.717) is 11.5 Å². The topological polar surface area (TPSA) is 9.23 Å². The molecule has 1 aliphatic carbocycles. The maximum absolute atomic E-state index is 5.87. The van der Waals surface area contributed by atoms with E-state index in [1.807, 2.05) is 0 Å². The van der Waals surface area contributed by atoms with E-state index in [0.717, 1.165) is 6.61 Å². The average Bonchev–Trinajstić information content (AvgIpc) is 1.80. The van der Waals surface area contributed by atoms with E-state index in [-0.39, 0.29) is 5.41 Å². The summed E-state index contributed by atoms with van der Waals surface area (Å²) in [6, 6.07) is 0. The van der Waals surface area contributed by atoms with Crippen LogP contribution in [-0.2, 0) is 4.74 Å². The van der Waals surface area contributed by atoms with Gasteiger partial charge in [-0.3, -0.25) is 0 Å². The van der Waals surface area contributed by atoms with E-state index in [9.17, 15) is 0 Å². The fraction of sp³-hybridized carbons (Fsp3) is 1.00. The third-order valence-electron chi connectivity index (χ3n) is 3.76. The summed E-state index contributed by atoms with van der Waals surface area (Å²) >= 11 is 0. The molecule has 13 heavy (non-hydrogen) atoms. The van der Waals surface area contributed by atoms with Crippen molar-refractivity contribution < 1.29 is 4.74 Å². The Balaban J connectivity index is 2.32. The molecule has 0 bridgehead atoms. The lowest BCUT2D eigenvalue weighted by Crippen LogP contribution is -2.37. The lowest BCUT2D eigenvalue weighted by molar-refractivity contribution is -0.0662. The van der Waals surface area contributed by atoms with Crippen molar-refractivity contribution in [2.75, 3.05) is 6.61 Å². The average molecular weight is 184 g/mol. The van der Waals surface area contributed by atoms with Crippen molar-refractivity contribution in [2.24, 2.45) is 10.8 Å². The second kappa shape index (κ2) is 3.61. The highest BCUT2D eigenvalue weighted by atomic mass is 16.5. The Labute approximate surface area is 82.9 Å². The summed E-state index contributed by atoms with van der Waals surface area (Å²) < 4.78 is 5.87. The van der Waals surface area contributed by atoms with Gasteiger partial charge in [0, 0.05) is 0 Å². The van der Waals surface area contributed by atoms with Gasteiger partial charge in [0.15, 0.2) is 0 Å². The minimum Gasteiger partial charge on any atom is -0.378 e. The Morgan fingerprint density at radius 3 is 1.92 bits per heavy atom. The smallest absolute Gasteiger partial charge is 0.0575 e. The zero-order valence-electron chi connectivity index (χ0n) is 9.81. The van der Waals surface area contributed by atoms with E-state index in [4.69, 9.17) is 4.74 Å². The van der Waals surface area contributed by atoms with Crippen LogP contribution in [-0.4, -0.2) is 12.7 Å². The first-order valence-electron chi connectivity index (χ1n) is 5.44. The third kappa shape index (κ3) is 2.70. The van der Waals surface area contributed by atoms with Crippen LogP contribution in [0.1, 0.15) is 53.9 Å². The number of ether oxygens (including phenoxy) is 1. The van der Waals surface area contributed by atoms with Crippen LogP contribution in [0.2, 0.25) is 0 Å². The van der Waals surface area contributed by atoms with Crippen LogP contribution in [0.4, 0.5) is 0 Å². The van der Waals surface area contributed by atoms with Gasteiger partial charge in [0.1, 0.15) is 0 Å².